The van der Waals surface area contributed by atoms with Crippen molar-refractivity contribution in [2.24, 2.45) is 0 Å². The van der Waals surface area contributed by atoms with Gasteiger partial charge in [-0.25, -0.2) is 0 Å². The van der Waals surface area contributed by atoms with Gasteiger partial charge in [-0.1, -0.05) is 11.6 Å². The molecule has 0 aliphatic carbocycles. The quantitative estimate of drug-likeness (QED) is 0.829. The number of hydrogen-bond donors (Lipinski definition) is 2. The maximum Gasteiger partial charge on any atom is 0.269 e. The number of benzene rings is 1. The molecule has 0 bridgehead atoms. The molecule has 0 radical (unpaired) electrons. The van der Waals surface area contributed by atoms with Crippen molar-refractivity contribution >= 4 is 23.4 Å². The van der Waals surface area contributed by atoms with Crippen LogP contribution in [0.4, 0.5) is 0 Å². The number of nitrogens with zero attached hydrogens (tertiary/aromatic N) is 1. The number of rotatable bonds is 4. The highest BCUT2D eigenvalue weighted by atomic mass is 35.5. The highest BCUT2D eigenvalue weighted by Crippen LogP contribution is 2.09. The van der Waals surface area contributed by atoms with E-state index >= 15 is 0 Å². The summed E-state index contributed by atoms with van der Waals surface area (Å²) in [5, 5.41) is 0.566. The number of likely N-dealkylation sites (tertiary alicyclic amines) is 1. The first-order valence-corrected chi connectivity index (χ1v) is 7.10. The van der Waals surface area contributed by atoms with E-state index in [1.54, 1.807) is 24.3 Å². The fourth-order valence-corrected chi connectivity index (χ4v) is 2.25. The second kappa shape index (κ2) is 7.26. The zero-order valence-corrected chi connectivity index (χ0v) is 11.9. The summed E-state index contributed by atoms with van der Waals surface area (Å²) in [4.78, 5) is 25.6. The molecule has 1 heterocycles. The Bertz CT molecular complexity index is 470. The molecule has 0 atom stereocenters. The van der Waals surface area contributed by atoms with Crippen LogP contribution in [0.15, 0.2) is 24.3 Å². The van der Waals surface area contributed by atoms with Crippen molar-refractivity contribution in [3.8, 4) is 0 Å². The fraction of sp³-hybridized carbons (Fsp3) is 0.429. The number of amides is 2. The number of carbonyl (C=O) groups is 2. The minimum absolute atomic E-state index is 0.181. The number of halogens is 1. The molecule has 2 amide bonds. The summed E-state index contributed by atoms with van der Waals surface area (Å²) in [6.45, 7) is 2.86. The van der Waals surface area contributed by atoms with Gasteiger partial charge in [-0.05, 0) is 50.2 Å². The van der Waals surface area contributed by atoms with Gasteiger partial charge >= 0.3 is 0 Å². The lowest BCUT2D eigenvalue weighted by Crippen LogP contribution is -2.42. The van der Waals surface area contributed by atoms with Gasteiger partial charge < -0.3 is 4.90 Å². The van der Waals surface area contributed by atoms with E-state index in [-0.39, 0.29) is 11.8 Å². The van der Waals surface area contributed by atoms with Gasteiger partial charge in [-0.15, -0.1) is 0 Å². The third kappa shape index (κ3) is 4.51. The van der Waals surface area contributed by atoms with Crippen LogP contribution in [0.3, 0.4) is 0 Å². The van der Waals surface area contributed by atoms with E-state index in [4.69, 9.17) is 11.6 Å². The average Bonchev–Trinajstić information content (AvgIpc) is 2.96. The van der Waals surface area contributed by atoms with Crippen LogP contribution in [0.5, 0.6) is 0 Å². The highest BCUT2D eigenvalue weighted by Gasteiger charge is 2.13. The first-order chi connectivity index (χ1) is 9.65. The predicted octanol–water partition coefficient (Wildman–Crippen LogP) is 1.59. The van der Waals surface area contributed by atoms with Gasteiger partial charge in [-0.3, -0.25) is 20.4 Å². The number of nitrogens with one attached hydrogen (secondary N) is 2. The Morgan fingerprint density at radius 2 is 1.75 bits per heavy atom. The lowest BCUT2D eigenvalue weighted by atomic mass is 10.2. The van der Waals surface area contributed by atoms with Crippen LogP contribution in [-0.2, 0) is 4.79 Å². The van der Waals surface area contributed by atoms with Crippen LogP contribution < -0.4 is 10.9 Å². The minimum atomic E-state index is -0.351. The van der Waals surface area contributed by atoms with Gasteiger partial charge in [0.1, 0.15) is 0 Å². The summed E-state index contributed by atoms with van der Waals surface area (Å²) in [6.07, 6.45) is 2.80. The van der Waals surface area contributed by atoms with Gasteiger partial charge in [0.15, 0.2) is 0 Å². The molecular formula is C14H18ClN3O2. The molecule has 1 aromatic carbocycles. The molecule has 20 heavy (non-hydrogen) atoms. The molecule has 1 aromatic rings. The predicted molar refractivity (Wildman–Crippen MR) is 77.4 cm³/mol. The van der Waals surface area contributed by atoms with E-state index in [0.29, 0.717) is 17.0 Å². The Balaban J connectivity index is 1.69. The Labute approximate surface area is 123 Å². The summed E-state index contributed by atoms with van der Waals surface area (Å²) in [7, 11) is 0. The SMILES string of the molecule is O=C(CCN1CCCC1)NNC(=O)c1ccc(Cl)cc1. The number of carbonyl (C=O) groups excluding carboxylic acids is 2. The molecule has 0 spiro atoms. The molecule has 1 aliphatic heterocycles. The summed E-state index contributed by atoms with van der Waals surface area (Å²) in [6, 6.07) is 6.47. The molecule has 2 N–H and O–H groups in total. The zero-order valence-electron chi connectivity index (χ0n) is 11.2. The monoisotopic (exact) mass is 295 g/mol. The van der Waals surface area contributed by atoms with Crippen LogP contribution in [0.25, 0.3) is 0 Å². The normalized spacial score (nSPS) is 15.1. The second-order valence-electron chi connectivity index (χ2n) is 4.81. The van der Waals surface area contributed by atoms with Crippen molar-refractivity contribution in [1.82, 2.24) is 15.8 Å². The first-order valence-electron chi connectivity index (χ1n) is 6.72. The largest absolute Gasteiger partial charge is 0.303 e. The fourth-order valence-electron chi connectivity index (χ4n) is 2.13. The molecule has 1 fully saturated rings. The zero-order chi connectivity index (χ0) is 14.4. The van der Waals surface area contributed by atoms with Crippen LogP contribution in [0, 0.1) is 0 Å². The van der Waals surface area contributed by atoms with E-state index in [1.807, 2.05) is 0 Å². The molecular weight excluding hydrogens is 278 g/mol. The molecule has 5 nitrogen and oxygen atoms in total. The molecule has 6 heteroatoms. The standard InChI is InChI=1S/C14H18ClN3O2/c15-12-5-3-11(4-6-12)14(20)17-16-13(19)7-10-18-8-1-2-9-18/h3-6H,1-2,7-10H2,(H,16,19)(H,17,20). The van der Waals surface area contributed by atoms with Crippen molar-refractivity contribution in [1.29, 1.82) is 0 Å². The molecule has 1 aliphatic rings. The van der Waals surface area contributed by atoms with E-state index in [2.05, 4.69) is 15.8 Å². The summed E-state index contributed by atoms with van der Waals surface area (Å²) in [5.41, 5.74) is 5.27. The van der Waals surface area contributed by atoms with Crippen LogP contribution in [0.2, 0.25) is 5.02 Å². The molecule has 108 valence electrons. The molecule has 2 rings (SSSR count). The van der Waals surface area contributed by atoms with Crippen LogP contribution in [0.1, 0.15) is 29.6 Å². The topological polar surface area (TPSA) is 61.4 Å². The maximum absolute atomic E-state index is 11.7. The first kappa shape index (κ1) is 14.8. The lowest BCUT2D eigenvalue weighted by molar-refractivity contribution is -0.122. The van der Waals surface area contributed by atoms with E-state index in [0.717, 1.165) is 19.6 Å². The highest BCUT2D eigenvalue weighted by molar-refractivity contribution is 6.30. The van der Waals surface area contributed by atoms with Gasteiger partial charge in [0.05, 0.1) is 0 Å². The summed E-state index contributed by atoms with van der Waals surface area (Å²) in [5.74, 6) is -0.532. The Kier molecular flexibility index (Phi) is 5.38. The van der Waals surface area contributed by atoms with Crippen molar-refractivity contribution in [2.75, 3.05) is 19.6 Å². The molecule has 0 aromatic heterocycles. The average molecular weight is 296 g/mol. The Morgan fingerprint density at radius 3 is 2.40 bits per heavy atom. The molecule has 0 saturated carbocycles. The Hall–Kier alpha value is -1.59. The van der Waals surface area contributed by atoms with E-state index < -0.39 is 0 Å². The Morgan fingerprint density at radius 1 is 1.10 bits per heavy atom. The van der Waals surface area contributed by atoms with Gasteiger partial charge in [0.2, 0.25) is 5.91 Å². The van der Waals surface area contributed by atoms with Crippen molar-refractivity contribution in [2.45, 2.75) is 19.3 Å². The van der Waals surface area contributed by atoms with Crippen molar-refractivity contribution < 1.29 is 9.59 Å². The van der Waals surface area contributed by atoms with Gasteiger partial charge in [0.25, 0.3) is 5.91 Å². The van der Waals surface area contributed by atoms with Crippen LogP contribution >= 0.6 is 11.6 Å². The van der Waals surface area contributed by atoms with Crippen LogP contribution in [-0.4, -0.2) is 36.3 Å². The van der Waals surface area contributed by atoms with E-state index in [1.165, 1.54) is 12.8 Å². The van der Waals surface area contributed by atoms with Crippen molar-refractivity contribution in [3.63, 3.8) is 0 Å². The number of hydrazine groups is 1. The van der Waals surface area contributed by atoms with Gasteiger partial charge in [0, 0.05) is 23.6 Å². The maximum atomic E-state index is 11.7. The second-order valence-corrected chi connectivity index (χ2v) is 5.24. The van der Waals surface area contributed by atoms with Gasteiger partial charge in [-0.2, -0.15) is 0 Å². The lowest BCUT2D eigenvalue weighted by Gasteiger charge is -2.14. The van der Waals surface area contributed by atoms with E-state index in [9.17, 15) is 9.59 Å². The number of hydrogen-bond acceptors (Lipinski definition) is 3. The summed E-state index contributed by atoms with van der Waals surface area (Å²) >= 11 is 5.74. The smallest absolute Gasteiger partial charge is 0.269 e. The third-order valence-corrected chi connectivity index (χ3v) is 3.53. The summed E-state index contributed by atoms with van der Waals surface area (Å²) < 4.78 is 0. The third-order valence-electron chi connectivity index (χ3n) is 3.28. The minimum Gasteiger partial charge on any atom is -0.303 e. The van der Waals surface area contributed by atoms with Crippen molar-refractivity contribution in [3.05, 3.63) is 34.9 Å². The molecule has 0 unspecified atom stereocenters. The molecule has 1 saturated heterocycles.